The Kier molecular flexibility index (Phi) is 5.11. The van der Waals surface area contributed by atoms with Gasteiger partial charge in [0.1, 0.15) is 5.16 Å². The van der Waals surface area contributed by atoms with E-state index in [0.29, 0.717) is 0 Å². The molecule has 9 heteroatoms. The van der Waals surface area contributed by atoms with Gasteiger partial charge in [0.15, 0.2) is 0 Å². The number of hydrogen-bond acceptors (Lipinski definition) is 3. The van der Waals surface area contributed by atoms with Crippen LogP contribution in [0.15, 0.2) is 11.4 Å². The van der Waals surface area contributed by atoms with Gasteiger partial charge in [0.25, 0.3) is 0 Å². The summed E-state index contributed by atoms with van der Waals surface area (Å²) in [5.74, 6) is -2.93. The van der Waals surface area contributed by atoms with E-state index in [2.05, 4.69) is 0 Å². The Morgan fingerprint density at radius 3 is 2.36 bits per heavy atom. The predicted octanol–water partition coefficient (Wildman–Crippen LogP) is 3.35. The number of alkyl halides is 5. The van der Waals surface area contributed by atoms with E-state index in [9.17, 15) is 22.0 Å². The second kappa shape index (κ2) is 6.39. The number of rotatable bonds is 4. The third kappa shape index (κ3) is 3.95. The smallest absolute Gasteiger partial charge is 0.395 e. The Balaban J connectivity index is 2.05. The largest absolute Gasteiger partial charge is 0.427 e. The number of nitrogens with zero attached hydrogens (tertiary/aromatic N) is 2. The quantitative estimate of drug-likeness (QED) is 0.623. The van der Waals surface area contributed by atoms with Crippen LogP contribution >= 0.6 is 11.6 Å². The zero-order valence-corrected chi connectivity index (χ0v) is 12.5. The van der Waals surface area contributed by atoms with Crippen molar-refractivity contribution in [1.82, 2.24) is 9.80 Å². The van der Waals surface area contributed by atoms with E-state index in [1.54, 1.807) is 0 Å². The molecule has 3 nitrogen and oxygen atoms in total. The molecule has 1 N–H and O–H groups in total. The van der Waals surface area contributed by atoms with Gasteiger partial charge in [-0.1, -0.05) is 11.6 Å². The molecule has 1 fully saturated rings. The molecule has 1 saturated carbocycles. The number of aliphatic hydroxyl groups is 1. The lowest BCUT2D eigenvalue weighted by atomic mass is 9.86. The molecule has 1 atom stereocenters. The molecular formula is C13H18ClF5N2O. The highest BCUT2D eigenvalue weighted by molar-refractivity contribution is 6.29. The van der Waals surface area contributed by atoms with Gasteiger partial charge in [-0.25, -0.2) is 8.78 Å². The van der Waals surface area contributed by atoms with E-state index in [1.165, 1.54) is 6.20 Å². The first-order valence-electron chi connectivity index (χ1n) is 7.09. The zero-order valence-electron chi connectivity index (χ0n) is 11.8. The van der Waals surface area contributed by atoms with E-state index >= 15 is 0 Å². The van der Waals surface area contributed by atoms with Crippen molar-refractivity contribution < 1.29 is 27.1 Å². The molecule has 0 amide bonds. The van der Waals surface area contributed by atoms with E-state index in [1.807, 2.05) is 0 Å². The molecular weight excluding hydrogens is 331 g/mol. The van der Waals surface area contributed by atoms with Crippen LogP contribution in [0.25, 0.3) is 0 Å². The topological polar surface area (TPSA) is 26.7 Å². The molecule has 1 aliphatic carbocycles. The van der Waals surface area contributed by atoms with Gasteiger partial charge < -0.3 is 14.9 Å². The van der Waals surface area contributed by atoms with Crippen LogP contribution in [0.2, 0.25) is 0 Å². The molecule has 1 heterocycles. The van der Waals surface area contributed by atoms with Gasteiger partial charge in [-0.2, -0.15) is 13.2 Å². The molecule has 0 aromatic heterocycles. The highest BCUT2D eigenvalue weighted by Gasteiger charge is 2.51. The Hall–Kier alpha value is -0.760. The van der Waals surface area contributed by atoms with Crippen molar-refractivity contribution in [2.75, 3.05) is 19.7 Å². The lowest BCUT2D eigenvalue weighted by Gasteiger charge is -2.37. The van der Waals surface area contributed by atoms with Crippen molar-refractivity contribution in [3.8, 4) is 0 Å². The minimum absolute atomic E-state index is 0.0262. The van der Waals surface area contributed by atoms with E-state index in [4.69, 9.17) is 16.7 Å². The minimum atomic E-state index is -4.55. The molecule has 0 aromatic carbocycles. The number of halogens is 6. The second-order valence-electron chi connectivity index (χ2n) is 5.78. The lowest BCUT2D eigenvalue weighted by molar-refractivity contribution is -0.207. The van der Waals surface area contributed by atoms with Crippen molar-refractivity contribution >= 4 is 11.6 Å². The summed E-state index contributed by atoms with van der Waals surface area (Å²) >= 11 is 5.83. The average molecular weight is 349 g/mol. The molecule has 1 unspecified atom stereocenters. The van der Waals surface area contributed by atoms with E-state index < -0.39 is 24.9 Å². The third-order valence-electron chi connectivity index (χ3n) is 4.10. The summed E-state index contributed by atoms with van der Waals surface area (Å²) in [5.41, 5.74) is 0. The summed E-state index contributed by atoms with van der Waals surface area (Å²) in [6.45, 7) is -0.669. The fraction of sp³-hybridized carbons (Fsp3) is 0.846. The highest BCUT2D eigenvalue weighted by atomic mass is 35.5. The normalized spacial score (nSPS) is 26.5. The molecule has 0 spiro atoms. The minimum Gasteiger partial charge on any atom is -0.395 e. The molecule has 0 bridgehead atoms. The Labute approximate surface area is 130 Å². The standard InChI is InChI=1S/C13H18ClF5N2O/c14-10-8-20(7-9-1-3-12(15,16)4-2-9)11(13(17,18)19)21(10)5-6-22/h8-9,11,22H,1-7H2. The fourth-order valence-electron chi connectivity index (χ4n) is 3.01. The molecule has 22 heavy (non-hydrogen) atoms. The molecule has 0 radical (unpaired) electrons. The van der Waals surface area contributed by atoms with Crippen LogP contribution in [-0.2, 0) is 0 Å². The second-order valence-corrected chi connectivity index (χ2v) is 6.17. The van der Waals surface area contributed by atoms with Gasteiger partial charge in [-0.05, 0) is 18.8 Å². The van der Waals surface area contributed by atoms with Crippen molar-refractivity contribution in [3.05, 3.63) is 11.4 Å². The van der Waals surface area contributed by atoms with Crippen molar-refractivity contribution in [3.63, 3.8) is 0 Å². The summed E-state index contributed by atoms with van der Waals surface area (Å²) in [6.07, 6.45) is -5.52. The van der Waals surface area contributed by atoms with Gasteiger partial charge in [-0.3, -0.25) is 0 Å². The Bertz CT molecular complexity index is 419. The lowest BCUT2D eigenvalue weighted by Crippen LogP contribution is -2.52. The number of β-amino-alcohol motifs (C(OH)–C–C–N with tert-alkyl or cyclic N) is 1. The molecule has 128 valence electrons. The van der Waals surface area contributed by atoms with Gasteiger partial charge in [0.2, 0.25) is 12.1 Å². The molecule has 1 aliphatic heterocycles. The van der Waals surface area contributed by atoms with Gasteiger partial charge >= 0.3 is 6.18 Å². The van der Waals surface area contributed by atoms with Gasteiger partial charge in [-0.15, -0.1) is 0 Å². The first-order valence-corrected chi connectivity index (χ1v) is 7.47. The Morgan fingerprint density at radius 1 is 1.27 bits per heavy atom. The maximum absolute atomic E-state index is 13.3. The monoisotopic (exact) mass is 348 g/mol. The third-order valence-corrected chi connectivity index (χ3v) is 4.41. The first kappa shape index (κ1) is 17.6. The summed E-state index contributed by atoms with van der Waals surface area (Å²) in [6, 6.07) is 0. The van der Waals surface area contributed by atoms with Gasteiger partial charge in [0.05, 0.1) is 6.61 Å². The van der Waals surface area contributed by atoms with E-state index in [-0.39, 0.29) is 49.8 Å². The van der Waals surface area contributed by atoms with Crippen LogP contribution in [0.5, 0.6) is 0 Å². The number of hydrogen-bond donors (Lipinski definition) is 1. The summed E-state index contributed by atoms with van der Waals surface area (Å²) in [4.78, 5) is 1.92. The molecule has 2 aliphatic rings. The van der Waals surface area contributed by atoms with Gasteiger partial charge in [0, 0.05) is 32.1 Å². The maximum Gasteiger partial charge on any atom is 0.427 e. The summed E-state index contributed by atoms with van der Waals surface area (Å²) < 4.78 is 66.0. The van der Waals surface area contributed by atoms with Crippen LogP contribution in [0.4, 0.5) is 22.0 Å². The van der Waals surface area contributed by atoms with Crippen molar-refractivity contribution in [2.45, 2.75) is 43.9 Å². The first-order chi connectivity index (χ1) is 10.1. The fourth-order valence-corrected chi connectivity index (χ4v) is 3.31. The van der Waals surface area contributed by atoms with Crippen LogP contribution in [-0.4, -0.2) is 52.9 Å². The number of aliphatic hydroxyl groups excluding tert-OH is 1. The van der Waals surface area contributed by atoms with Crippen molar-refractivity contribution in [1.29, 1.82) is 0 Å². The highest BCUT2D eigenvalue weighted by Crippen LogP contribution is 2.40. The van der Waals surface area contributed by atoms with Crippen LogP contribution in [0.1, 0.15) is 25.7 Å². The maximum atomic E-state index is 13.3. The SMILES string of the molecule is OCCN1C(Cl)=CN(CC2CCC(F)(F)CC2)C1C(F)(F)F. The van der Waals surface area contributed by atoms with Crippen molar-refractivity contribution in [2.24, 2.45) is 5.92 Å². The predicted molar refractivity (Wildman–Crippen MR) is 71.2 cm³/mol. The van der Waals surface area contributed by atoms with Crippen LogP contribution in [0, 0.1) is 5.92 Å². The summed E-state index contributed by atoms with van der Waals surface area (Å²) in [7, 11) is 0. The molecule has 2 rings (SSSR count). The zero-order chi connectivity index (χ0) is 16.5. The summed E-state index contributed by atoms with van der Waals surface area (Å²) in [5, 5.41) is 8.80. The van der Waals surface area contributed by atoms with E-state index in [0.717, 1.165) is 9.80 Å². The average Bonchev–Trinajstić information content (AvgIpc) is 2.69. The molecule has 0 aromatic rings. The Morgan fingerprint density at radius 2 is 1.86 bits per heavy atom. The molecule has 0 saturated heterocycles. The van der Waals surface area contributed by atoms with Crippen LogP contribution < -0.4 is 0 Å². The van der Waals surface area contributed by atoms with Crippen LogP contribution in [0.3, 0.4) is 0 Å².